The van der Waals surface area contributed by atoms with Gasteiger partial charge in [-0.05, 0) is 18.2 Å². The minimum atomic E-state index is -0.0862. The second-order valence-corrected chi connectivity index (χ2v) is 5.43. The van der Waals surface area contributed by atoms with Crippen LogP contribution in [0.25, 0.3) is 0 Å². The molecule has 0 spiro atoms. The van der Waals surface area contributed by atoms with E-state index >= 15 is 0 Å². The summed E-state index contributed by atoms with van der Waals surface area (Å²) in [5, 5.41) is 0.449. The van der Waals surface area contributed by atoms with E-state index in [9.17, 15) is 4.79 Å². The van der Waals surface area contributed by atoms with Gasteiger partial charge in [-0.3, -0.25) is 4.79 Å². The smallest absolute Gasteiger partial charge is 0.255 e. The monoisotopic (exact) mass is 332 g/mol. The molecule has 0 bridgehead atoms. The summed E-state index contributed by atoms with van der Waals surface area (Å²) >= 11 is 9.40. The summed E-state index contributed by atoms with van der Waals surface area (Å²) in [7, 11) is 0. The van der Waals surface area contributed by atoms with Crippen LogP contribution in [0, 0.1) is 0 Å². The second-order valence-electron chi connectivity index (χ2n) is 4.10. The van der Waals surface area contributed by atoms with Crippen molar-refractivity contribution in [3.05, 3.63) is 33.3 Å². The number of carbonyl (C=O) groups is 1. The van der Waals surface area contributed by atoms with E-state index in [1.807, 2.05) is 0 Å². The van der Waals surface area contributed by atoms with E-state index in [1.54, 1.807) is 23.1 Å². The van der Waals surface area contributed by atoms with E-state index in [0.717, 1.165) is 4.47 Å². The number of carbonyl (C=O) groups excluding carboxylic acids is 1. The Bertz CT molecular complexity index is 456. The van der Waals surface area contributed by atoms with E-state index in [0.29, 0.717) is 36.8 Å². The standard InChI is InChI=1S/C12H14BrClN2O2/c13-8-1-2-10(11(14)5-8)12(17)16-3-4-18-9(6-15)7-16/h1-2,5,9H,3-4,6-7,15H2. The van der Waals surface area contributed by atoms with Crippen molar-refractivity contribution < 1.29 is 9.53 Å². The van der Waals surface area contributed by atoms with Gasteiger partial charge in [-0.25, -0.2) is 0 Å². The summed E-state index contributed by atoms with van der Waals surface area (Å²) in [6.45, 7) is 2.02. The van der Waals surface area contributed by atoms with Crippen molar-refractivity contribution in [1.29, 1.82) is 0 Å². The number of rotatable bonds is 2. The van der Waals surface area contributed by atoms with Gasteiger partial charge in [0.1, 0.15) is 0 Å². The average molecular weight is 334 g/mol. The molecule has 0 aliphatic carbocycles. The first kappa shape index (κ1) is 13.8. The Morgan fingerprint density at radius 2 is 2.39 bits per heavy atom. The lowest BCUT2D eigenvalue weighted by Gasteiger charge is -2.32. The van der Waals surface area contributed by atoms with E-state index in [2.05, 4.69) is 15.9 Å². The zero-order valence-electron chi connectivity index (χ0n) is 9.73. The van der Waals surface area contributed by atoms with Gasteiger partial charge in [0.2, 0.25) is 0 Å². The van der Waals surface area contributed by atoms with Crippen LogP contribution in [-0.2, 0) is 4.74 Å². The summed E-state index contributed by atoms with van der Waals surface area (Å²) < 4.78 is 6.29. The number of nitrogens with zero attached hydrogens (tertiary/aromatic N) is 1. The first-order valence-electron chi connectivity index (χ1n) is 5.68. The maximum absolute atomic E-state index is 12.3. The minimum Gasteiger partial charge on any atom is -0.373 e. The number of halogens is 2. The Morgan fingerprint density at radius 3 is 3.06 bits per heavy atom. The molecule has 2 N–H and O–H groups in total. The maximum Gasteiger partial charge on any atom is 0.255 e. The van der Waals surface area contributed by atoms with Crippen molar-refractivity contribution in [3.8, 4) is 0 Å². The molecule has 1 aliphatic rings. The lowest BCUT2D eigenvalue weighted by molar-refractivity contribution is -0.0167. The number of nitrogens with two attached hydrogens (primary N) is 1. The van der Waals surface area contributed by atoms with Gasteiger partial charge in [0.25, 0.3) is 5.91 Å². The van der Waals surface area contributed by atoms with Crippen LogP contribution < -0.4 is 5.73 Å². The van der Waals surface area contributed by atoms with Crippen molar-refractivity contribution in [1.82, 2.24) is 4.90 Å². The number of amides is 1. The van der Waals surface area contributed by atoms with Gasteiger partial charge in [-0.1, -0.05) is 27.5 Å². The summed E-state index contributed by atoms with van der Waals surface area (Å²) in [4.78, 5) is 14.1. The molecule has 1 aromatic carbocycles. The molecule has 1 aromatic rings. The predicted molar refractivity (Wildman–Crippen MR) is 73.8 cm³/mol. The number of morpholine rings is 1. The molecular weight excluding hydrogens is 320 g/mol. The van der Waals surface area contributed by atoms with Gasteiger partial charge < -0.3 is 15.4 Å². The number of ether oxygens (including phenoxy) is 1. The minimum absolute atomic E-state index is 0.0748. The highest BCUT2D eigenvalue weighted by Gasteiger charge is 2.25. The molecule has 1 atom stereocenters. The number of hydrogen-bond donors (Lipinski definition) is 1. The molecule has 0 aromatic heterocycles. The summed E-state index contributed by atoms with van der Waals surface area (Å²) in [6, 6.07) is 5.25. The number of hydrogen-bond acceptors (Lipinski definition) is 3. The lowest BCUT2D eigenvalue weighted by Crippen LogP contribution is -2.48. The molecule has 1 heterocycles. The Kier molecular flexibility index (Phi) is 4.61. The van der Waals surface area contributed by atoms with E-state index in [1.165, 1.54) is 0 Å². The second kappa shape index (κ2) is 6.02. The van der Waals surface area contributed by atoms with Gasteiger partial charge in [-0.15, -0.1) is 0 Å². The normalized spacial score (nSPS) is 19.9. The molecule has 1 fully saturated rings. The van der Waals surface area contributed by atoms with Crippen LogP contribution in [0.1, 0.15) is 10.4 Å². The van der Waals surface area contributed by atoms with Crippen LogP contribution in [-0.4, -0.2) is 43.2 Å². The van der Waals surface area contributed by atoms with Crippen molar-refractivity contribution in [3.63, 3.8) is 0 Å². The van der Waals surface area contributed by atoms with Crippen LogP contribution in [0.2, 0.25) is 5.02 Å². The van der Waals surface area contributed by atoms with Crippen LogP contribution in [0.15, 0.2) is 22.7 Å². The third kappa shape index (κ3) is 3.03. The molecule has 1 saturated heterocycles. The largest absolute Gasteiger partial charge is 0.373 e. The Labute approximate surface area is 119 Å². The zero-order valence-corrected chi connectivity index (χ0v) is 12.1. The fourth-order valence-corrected chi connectivity index (χ4v) is 2.63. The van der Waals surface area contributed by atoms with Crippen LogP contribution >= 0.6 is 27.5 Å². The Hall–Kier alpha value is -0.620. The molecule has 1 unspecified atom stereocenters. The Morgan fingerprint density at radius 1 is 1.61 bits per heavy atom. The highest BCUT2D eigenvalue weighted by molar-refractivity contribution is 9.10. The molecule has 1 aliphatic heterocycles. The highest BCUT2D eigenvalue weighted by Crippen LogP contribution is 2.23. The summed E-state index contributed by atoms with van der Waals surface area (Å²) in [5.74, 6) is -0.0748. The molecule has 1 amide bonds. The van der Waals surface area contributed by atoms with E-state index < -0.39 is 0 Å². The topological polar surface area (TPSA) is 55.6 Å². The van der Waals surface area contributed by atoms with E-state index in [-0.39, 0.29) is 12.0 Å². The summed E-state index contributed by atoms with van der Waals surface area (Å²) in [5.41, 5.74) is 6.07. The lowest BCUT2D eigenvalue weighted by atomic mass is 10.1. The quantitative estimate of drug-likeness (QED) is 0.899. The first-order chi connectivity index (χ1) is 8.61. The van der Waals surface area contributed by atoms with Crippen molar-refractivity contribution >= 4 is 33.4 Å². The van der Waals surface area contributed by atoms with Crippen LogP contribution in [0.3, 0.4) is 0 Å². The van der Waals surface area contributed by atoms with Crippen molar-refractivity contribution in [2.75, 3.05) is 26.2 Å². The van der Waals surface area contributed by atoms with Gasteiger partial charge in [0, 0.05) is 24.1 Å². The van der Waals surface area contributed by atoms with Crippen molar-refractivity contribution in [2.24, 2.45) is 5.73 Å². The molecule has 98 valence electrons. The number of benzene rings is 1. The summed E-state index contributed by atoms with van der Waals surface area (Å²) in [6.07, 6.45) is -0.0862. The highest BCUT2D eigenvalue weighted by atomic mass is 79.9. The molecule has 6 heteroatoms. The molecule has 0 radical (unpaired) electrons. The Balaban J connectivity index is 2.15. The third-order valence-corrected chi connectivity index (χ3v) is 3.66. The first-order valence-corrected chi connectivity index (χ1v) is 6.85. The van der Waals surface area contributed by atoms with Crippen molar-refractivity contribution in [2.45, 2.75) is 6.10 Å². The molecule has 4 nitrogen and oxygen atoms in total. The average Bonchev–Trinajstić information content (AvgIpc) is 2.38. The molecule has 18 heavy (non-hydrogen) atoms. The molecular formula is C12H14BrClN2O2. The SMILES string of the molecule is NCC1CN(C(=O)c2ccc(Br)cc2Cl)CCO1. The fraction of sp³-hybridized carbons (Fsp3) is 0.417. The third-order valence-electron chi connectivity index (χ3n) is 2.85. The molecule has 2 rings (SSSR count). The van der Waals surface area contributed by atoms with Gasteiger partial charge >= 0.3 is 0 Å². The molecule has 0 saturated carbocycles. The fourth-order valence-electron chi connectivity index (χ4n) is 1.88. The zero-order chi connectivity index (χ0) is 13.1. The van der Waals surface area contributed by atoms with E-state index in [4.69, 9.17) is 22.1 Å². The van der Waals surface area contributed by atoms with Gasteiger partial charge in [-0.2, -0.15) is 0 Å². The predicted octanol–water partition coefficient (Wildman–Crippen LogP) is 1.90. The van der Waals surface area contributed by atoms with Crippen LogP contribution in [0.4, 0.5) is 0 Å². The van der Waals surface area contributed by atoms with Gasteiger partial charge in [0.15, 0.2) is 0 Å². The van der Waals surface area contributed by atoms with Gasteiger partial charge in [0.05, 0.1) is 23.3 Å². The maximum atomic E-state index is 12.3. The van der Waals surface area contributed by atoms with Crippen LogP contribution in [0.5, 0.6) is 0 Å².